The molecule has 0 heterocycles. The maximum Gasteiger partial charge on any atom is 0.321 e. The van der Waals surface area contributed by atoms with E-state index in [0.717, 1.165) is 0 Å². The third kappa shape index (κ3) is 5.81. The zero-order valence-corrected chi connectivity index (χ0v) is 11.3. The van der Waals surface area contributed by atoms with E-state index in [4.69, 9.17) is 10.2 Å². The molecule has 0 aliphatic heterocycles. The Morgan fingerprint density at radius 3 is 2.25 bits per heavy atom. The molecule has 0 radical (unpaired) electrons. The first kappa shape index (κ1) is 16.1. The zero-order chi connectivity index (χ0) is 15.2. The summed E-state index contributed by atoms with van der Waals surface area (Å²) in [5.74, 6) is -2.94. The van der Waals surface area contributed by atoms with Crippen LogP contribution in [0.5, 0.6) is 0 Å². The van der Waals surface area contributed by atoms with Crippen LogP contribution < -0.4 is 4.72 Å². The minimum atomic E-state index is -3.85. The maximum absolute atomic E-state index is 11.8. The summed E-state index contributed by atoms with van der Waals surface area (Å²) >= 11 is 0. The van der Waals surface area contributed by atoms with Gasteiger partial charge in [0.15, 0.2) is 0 Å². The van der Waals surface area contributed by atoms with Crippen molar-refractivity contribution in [3.63, 3.8) is 0 Å². The lowest BCUT2D eigenvalue weighted by Crippen LogP contribution is -2.41. The molecule has 3 N–H and O–H groups in total. The molecule has 7 nitrogen and oxygen atoms in total. The average molecular weight is 301 g/mol. The third-order valence-corrected chi connectivity index (χ3v) is 3.82. The molecule has 0 unspecified atom stereocenters. The van der Waals surface area contributed by atoms with Crippen molar-refractivity contribution in [1.29, 1.82) is 0 Å². The van der Waals surface area contributed by atoms with Gasteiger partial charge in [0.1, 0.15) is 6.04 Å². The van der Waals surface area contributed by atoms with Crippen molar-refractivity contribution < 1.29 is 28.2 Å². The number of hydrogen-bond acceptors (Lipinski definition) is 4. The van der Waals surface area contributed by atoms with E-state index in [1.165, 1.54) is 0 Å². The molecule has 0 bridgehead atoms. The van der Waals surface area contributed by atoms with Crippen LogP contribution in [0.2, 0.25) is 0 Å². The lowest BCUT2D eigenvalue weighted by atomic mass is 10.2. The Balaban J connectivity index is 2.71. The van der Waals surface area contributed by atoms with Crippen LogP contribution in [0, 0.1) is 0 Å². The van der Waals surface area contributed by atoms with Gasteiger partial charge >= 0.3 is 11.9 Å². The number of carboxylic acid groups (broad SMARTS) is 2. The highest BCUT2D eigenvalue weighted by molar-refractivity contribution is 7.88. The first-order valence-electron chi connectivity index (χ1n) is 5.78. The van der Waals surface area contributed by atoms with Crippen LogP contribution in [0.15, 0.2) is 30.3 Å². The summed E-state index contributed by atoms with van der Waals surface area (Å²) in [6, 6.07) is 6.84. The van der Waals surface area contributed by atoms with Gasteiger partial charge in [-0.1, -0.05) is 30.3 Å². The van der Waals surface area contributed by atoms with E-state index in [0.29, 0.717) is 5.56 Å². The SMILES string of the molecule is O=C(O)CC[C@@H](NS(=O)(=O)Cc1ccccc1)C(=O)O. The topological polar surface area (TPSA) is 121 Å². The van der Waals surface area contributed by atoms with E-state index in [1.54, 1.807) is 30.3 Å². The molecule has 0 saturated heterocycles. The highest BCUT2D eigenvalue weighted by atomic mass is 32.2. The van der Waals surface area contributed by atoms with E-state index in [9.17, 15) is 18.0 Å². The summed E-state index contributed by atoms with van der Waals surface area (Å²) < 4.78 is 25.7. The van der Waals surface area contributed by atoms with Crippen molar-refractivity contribution in [1.82, 2.24) is 4.72 Å². The monoisotopic (exact) mass is 301 g/mol. The van der Waals surface area contributed by atoms with Crippen molar-refractivity contribution in [3.8, 4) is 0 Å². The third-order valence-electron chi connectivity index (χ3n) is 2.47. The lowest BCUT2D eigenvalue weighted by Gasteiger charge is -2.13. The average Bonchev–Trinajstić information content (AvgIpc) is 2.34. The minimum Gasteiger partial charge on any atom is -0.481 e. The number of carboxylic acids is 2. The highest BCUT2D eigenvalue weighted by Crippen LogP contribution is 2.07. The number of sulfonamides is 1. The molecule has 0 aromatic heterocycles. The first-order chi connectivity index (χ1) is 9.30. The lowest BCUT2D eigenvalue weighted by molar-refractivity contribution is -0.140. The Morgan fingerprint density at radius 2 is 1.75 bits per heavy atom. The van der Waals surface area contributed by atoms with Gasteiger partial charge in [-0.15, -0.1) is 0 Å². The van der Waals surface area contributed by atoms with Crippen molar-refractivity contribution in [2.24, 2.45) is 0 Å². The number of aliphatic carboxylic acids is 2. The van der Waals surface area contributed by atoms with Gasteiger partial charge in [-0.2, -0.15) is 0 Å². The minimum absolute atomic E-state index is 0.307. The van der Waals surface area contributed by atoms with Gasteiger partial charge in [0.05, 0.1) is 5.75 Å². The summed E-state index contributed by atoms with van der Waals surface area (Å²) in [6.07, 6.45) is -0.733. The zero-order valence-electron chi connectivity index (χ0n) is 10.5. The second-order valence-corrected chi connectivity index (χ2v) is 5.94. The maximum atomic E-state index is 11.8. The molecule has 1 atom stereocenters. The van der Waals surface area contributed by atoms with Gasteiger partial charge in [0, 0.05) is 6.42 Å². The molecule has 0 fully saturated rings. The van der Waals surface area contributed by atoms with Gasteiger partial charge in [-0.3, -0.25) is 9.59 Å². The van der Waals surface area contributed by atoms with Crippen LogP contribution in [0.1, 0.15) is 18.4 Å². The quantitative estimate of drug-likeness (QED) is 0.640. The smallest absolute Gasteiger partial charge is 0.321 e. The van der Waals surface area contributed by atoms with Gasteiger partial charge in [-0.25, -0.2) is 13.1 Å². The molecule has 20 heavy (non-hydrogen) atoms. The van der Waals surface area contributed by atoms with Crippen LogP contribution in [0.25, 0.3) is 0 Å². The molecule has 0 amide bonds. The normalized spacial score (nSPS) is 12.8. The van der Waals surface area contributed by atoms with Crippen molar-refractivity contribution >= 4 is 22.0 Å². The molecule has 0 aliphatic rings. The van der Waals surface area contributed by atoms with Crippen molar-refractivity contribution in [3.05, 3.63) is 35.9 Å². The molecule has 110 valence electrons. The summed E-state index contributed by atoms with van der Waals surface area (Å²) in [5, 5.41) is 17.4. The van der Waals surface area contributed by atoms with Gasteiger partial charge < -0.3 is 10.2 Å². The van der Waals surface area contributed by atoms with Crippen LogP contribution in [0.4, 0.5) is 0 Å². The van der Waals surface area contributed by atoms with Crippen LogP contribution in [-0.4, -0.2) is 36.6 Å². The molecule has 1 aromatic carbocycles. The van der Waals surface area contributed by atoms with Crippen LogP contribution in [0.3, 0.4) is 0 Å². The summed E-state index contributed by atoms with van der Waals surface area (Å²) in [5.41, 5.74) is 0.516. The summed E-state index contributed by atoms with van der Waals surface area (Å²) in [4.78, 5) is 21.3. The second-order valence-electron chi connectivity index (χ2n) is 4.19. The van der Waals surface area contributed by atoms with Gasteiger partial charge in [0.25, 0.3) is 0 Å². The van der Waals surface area contributed by atoms with E-state index in [1.807, 2.05) is 4.72 Å². The Hall–Kier alpha value is -1.93. The molecular weight excluding hydrogens is 286 g/mol. The van der Waals surface area contributed by atoms with Gasteiger partial charge in [0.2, 0.25) is 10.0 Å². The fourth-order valence-electron chi connectivity index (χ4n) is 1.55. The Labute approximate surface area is 116 Å². The fraction of sp³-hybridized carbons (Fsp3) is 0.333. The Bertz CT molecular complexity index is 569. The second kappa shape index (κ2) is 7.01. The van der Waals surface area contributed by atoms with E-state index >= 15 is 0 Å². The predicted octanol–water partition coefficient (Wildman–Crippen LogP) is 0.424. The molecule has 8 heteroatoms. The molecule has 0 spiro atoms. The van der Waals surface area contributed by atoms with Crippen molar-refractivity contribution in [2.45, 2.75) is 24.6 Å². The number of nitrogens with one attached hydrogen (secondary N) is 1. The van der Waals surface area contributed by atoms with E-state index in [-0.39, 0.29) is 12.2 Å². The van der Waals surface area contributed by atoms with E-state index < -0.39 is 34.4 Å². The first-order valence-corrected chi connectivity index (χ1v) is 7.44. The van der Waals surface area contributed by atoms with Crippen molar-refractivity contribution in [2.75, 3.05) is 0 Å². The summed E-state index contributed by atoms with van der Waals surface area (Å²) in [6.45, 7) is 0. The fourth-order valence-corrected chi connectivity index (χ4v) is 2.92. The highest BCUT2D eigenvalue weighted by Gasteiger charge is 2.24. The molecule has 1 rings (SSSR count). The standard InChI is InChI=1S/C12H15NO6S/c14-11(15)7-6-10(12(16)17)13-20(18,19)8-9-4-2-1-3-5-9/h1-5,10,13H,6-8H2,(H,14,15)(H,16,17)/t10-/m1/s1. The number of benzene rings is 1. The molecule has 1 aromatic rings. The Kier molecular flexibility index (Phi) is 5.66. The number of hydrogen-bond donors (Lipinski definition) is 3. The van der Waals surface area contributed by atoms with Crippen LogP contribution >= 0.6 is 0 Å². The molecule has 0 aliphatic carbocycles. The predicted molar refractivity (Wildman–Crippen MR) is 70.5 cm³/mol. The van der Waals surface area contributed by atoms with Gasteiger partial charge in [-0.05, 0) is 12.0 Å². The number of rotatable bonds is 8. The molecular formula is C12H15NO6S. The van der Waals surface area contributed by atoms with E-state index in [2.05, 4.69) is 0 Å². The summed E-state index contributed by atoms with van der Waals surface area (Å²) in [7, 11) is -3.85. The molecule has 0 saturated carbocycles. The Morgan fingerprint density at radius 1 is 1.15 bits per heavy atom. The number of carbonyl (C=O) groups is 2. The largest absolute Gasteiger partial charge is 0.481 e. The van der Waals surface area contributed by atoms with Crippen LogP contribution in [-0.2, 0) is 25.4 Å².